The van der Waals surface area contributed by atoms with Crippen LogP contribution in [0.2, 0.25) is 0 Å². The highest BCUT2D eigenvalue weighted by atomic mass is 16.5. The number of ether oxygens (including phenoxy) is 2. The minimum absolute atomic E-state index is 0.0180. The number of guanidine groups is 1. The second-order valence-electron chi connectivity index (χ2n) is 11.4. The number of benzene rings is 1. The average Bonchev–Trinajstić information content (AvgIpc) is 3.01. The molecule has 1 aromatic carbocycles. The molecule has 11 heteroatoms. The minimum atomic E-state index is -0.773. The molecule has 1 saturated heterocycles. The molecule has 1 unspecified atom stereocenters. The van der Waals surface area contributed by atoms with Crippen LogP contribution < -0.4 is 10.5 Å². The van der Waals surface area contributed by atoms with Crippen LogP contribution >= 0.6 is 0 Å². The Labute approximate surface area is 246 Å². The van der Waals surface area contributed by atoms with Gasteiger partial charge >= 0.3 is 5.97 Å². The fraction of sp³-hybridized carbons (Fsp3) is 0.548. The number of hydrogen-bond donors (Lipinski definition) is 3. The summed E-state index contributed by atoms with van der Waals surface area (Å²) in [5.74, 6) is 0.711. The molecule has 226 valence electrons. The Bertz CT molecular complexity index is 1240. The Balaban J connectivity index is 1.30. The van der Waals surface area contributed by atoms with E-state index in [9.17, 15) is 19.8 Å². The first-order chi connectivity index (χ1) is 20.4. The number of para-hydroxylation sites is 1. The van der Waals surface area contributed by atoms with Gasteiger partial charge < -0.3 is 35.2 Å². The molecule has 11 nitrogen and oxygen atoms in total. The lowest BCUT2D eigenvalue weighted by Gasteiger charge is -2.41. The summed E-state index contributed by atoms with van der Waals surface area (Å²) in [5, 5.41) is 19.1. The lowest BCUT2D eigenvalue weighted by atomic mass is 9.84. The number of hydrogen-bond acceptors (Lipinski definition) is 9. The lowest BCUT2D eigenvalue weighted by Crippen LogP contribution is -2.50. The SMILES string of the molecule is NC1=Nc2cnc(Oc3ccccc3)cc2CN1C(CCC(=O)N(CCO)C1CCC(C(=O)O)CC1)C1CCOCC1. The van der Waals surface area contributed by atoms with Gasteiger partial charge in [0.2, 0.25) is 11.8 Å². The fourth-order valence-electron chi connectivity index (χ4n) is 6.51. The zero-order chi connectivity index (χ0) is 29.5. The molecule has 1 atom stereocenters. The van der Waals surface area contributed by atoms with Crippen LogP contribution in [-0.4, -0.2) is 81.3 Å². The molecular formula is C31H41N5O6. The molecule has 4 N–H and O–H groups in total. The number of carboxylic acids is 1. The largest absolute Gasteiger partial charge is 0.481 e. The molecule has 1 amide bonds. The molecule has 1 aliphatic carbocycles. The Hall–Kier alpha value is -3.70. The lowest BCUT2D eigenvalue weighted by molar-refractivity contribution is -0.143. The highest BCUT2D eigenvalue weighted by molar-refractivity contribution is 5.84. The first-order valence-electron chi connectivity index (χ1n) is 15.0. The van der Waals surface area contributed by atoms with Crippen LogP contribution in [0.1, 0.15) is 56.9 Å². The molecule has 2 aliphatic heterocycles. The van der Waals surface area contributed by atoms with Crippen LogP contribution in [-0.2, 0) is 20.9 Å². The number of carbonyl (C=O) groups excluding carboxylic acids is 1. The van der Waals surface area contributed by atoms with E-state index in [0.717, 1.165) is 18.4 Å². The van der Waals surface area contributed by atoms with Gasteiger partial charge in [-0.2, -0.15) is 0 Å². The van der Waals surface area contributed by atoms with Crippen molar-refractivity contribution in [2.75, 3.05) is 26.4 Å². The molecule has 1 saturated carbocycles. The number of amides is 1. The van der Waals surface area contributed by atoms with Gasteiger partial charge in [0.1, 0.15) is 5.75 Å². The molecule has 42 heavy (non-hydrogen) atoms. The molecular weight excluding hydrogens is 538 g/mol. The van der Waals surface area contributed by atoms with Crippen molar-refractivity contribution in [2.24, 2.45) is 22.6 Å². The molecule has 1 aromatic heterocycles. The predicted molar refractivity (Wildman–Crippen MR) is 156 cm³/mol. The van der Waals surface area contributed by atoms with Crippen LogP contribution in [0.5, 0.6) is 11.6 Å². The first-order valence-corrected chi connectivity index (χ1v) is 15.0. The Morgan fingerprint density at radius 3 is 2.55 bits per heavy atom. The minimum Gasteiger partial charge on any atom is -0.481 e. The number of carboxylic acid groups (broad SMARTS) is 1. The number of aliphatic hydroxyl groups is 1. The smallest absolute Gasteiger partial charge is 0.306 e. The molecule has 2 fully saturated rings. The summed E-state index contributed by atoms with van der Waals surface area (Å²) in [4.78, 5) is 37.9. The standard InChI is InChI=1S/C31H41N5O6/c32-31-34-26-19-33-28(42-25-4-2-1-3-5-25)18-23(26)20-36(31)27(21-12-16-41-17-13-21)10-11-29(38)35(14-15-37)24-8-6-22(7-9-24)30(39)40/h1-5,18-19,21-22,24,27,37H,6-17,20H2,(H2,32,34)(H,39,40). The monoisotopic (exact) mass is 579 g/mol. The van der Waals surface area contributed by atoms with Gasteiger partial charge in [-0.25, -0.2) is 9.98 Å². The number of aromatic nitrogens is 1. The molecule has 0 bridgehead atoms. The van der Waals surface area contributed by atoms with Crippen molar-refractivity contribution in [2.45, 2.75) is 70.0 Å². The van der Waals surface area contributed by atoms with Crippen molar-refractivity contribution in [1.29, 1.82) is 0 Å². The Morgan fingerprint density at radius 2 is 1.86 bits per heavy atom. The van der Waals surface area contributed by atoms with E-state index in [-0.39, 0.29) is 43.0 Å². The van der Waals surface area contributed by atoms with Crippen molar-refractivity contribution in [3.8, 4) is 11.6 Å². The normalized spacial score (nSPS) is 21.6. The molecule has 5 rings (SSSR count). The molecule has 3 aliphatic rings. The van der Waals surface area contributed by atoms with Crippen molar-refractivity contribution in [3.05, 3.63) is 48.2 Å². The number of aliphatic imine (C=N–C) groups is 1. The maximum absolute atomic E-state index is 13.6. The quantitative estimate of drug-likeness (QED) is 0.362. The topological polar surface area (TPSA) is 151 Å². The maximum atomic E-state index is 13.6. The summed E-state index contributed by atoms with van der Waals surface area (Å²) < 4.78 is 11.6. The zero-order valence-corrected chi connectivity index (χ0v) is 23.9. The van der Waals surface area contributed by atoms with E-state index in [1.165, 1.54) is 0 Å². The summed E-state index contributed by atoms with van der Waals surface area (Å²) in [6, 6.07) is 11.3. The fourth-order valence-corrected chi connectivity index (χ4v) is 6.51. The Morgan fingerprint density at radius 1 is 1.12 bits per heavy atom. The van der Waals surface area contributed by atoms with E-state index >= 15 is 0 Å². The predicted octanol–water partition coefficient (Wildman–Crippen LogP) is 3.68. The summed E-state index contributed by atoms with van der Waals surface area (Å²) >= 11 is 0. The van der Waals surface area contributed by atoms with Crippen molar-refractivity contribution < 1.29 is 29.3 Å². The van der Waals surface area contributed by atoms with Gasteiger partial charge in [-0.05, 0) is 63.0 Å². The van der Waals surface area contributed by atoms with Crippen LogP contribution in [0, 0.1) is 11.8 Å². The third kappa shape index (κ3) is 7.19. The summed E-state index contributed by atoms with van der Waals surface area (Å²) in [5.41, 5.74) is 8.20. The van der Waals surface area contributed by atoms with Gasteiger partial charge in [0.25, 0.3) is 0 Å². The highest BCUT2D eigenvalue weighted by Gasteiger charge is 2.35. The second-order valence-corrected chi connectivity index (χ2v) is 11.4. The summed E-state index contributed by atoms with van der Waals surface area (Å²) in [6.45, 7) is 1.98. The second kappa shape index (κ2) is 14.0. The Kier molecular flexibility index (Phi) is 9.91. The number of rotatable bonds is 11. The highest BCUT2D eigenvalue weighted by Crippen LogP contribution is 2.35. The first kappa shape index (κ1) is 29.8. The van der Waals surface area contributed by atoms with E-state index < -0.39 is 5.97 Å². The van der Waals surface area contributed by atoms with Crippen LogP contribution in [0.3, 0.4) is 0 Å². The third-order valence-electron chi connectivity index (χ3n) is 8.79. The van der Waals surface area contributed by atoms with Crippen molar-refractivity contribution in [1.82, 2.24) is 14.8 Å². The zero-order valence-electron chi connectivity index (χ0n) is 23.9. The average molecular weight is 580 g/mol. The van der Waals surface area contributed by atoms with Crippen molar-refractivity contribution in [3.63, 3.8) is 0 Å². The summed E-state index contributed by atoms with van der Waals surface area (Å²) in [7, 11) is 0. The van der Waals surface area contributed by atoms with Gasteiger partial charge in [-0.15, -0.1) is 0 Å². The van der Waals surface area contributed by atoms with Gasteiger partial charge in [0.05, 0.1) is 24.4 Å². The number of fused-ring (bicyclic) bond motifs is 1. The van der Waals surface area contributed by atoms with E-state index in [1.807, 2.05) is 36.4 Å². The molecule has 0 spiro atoms. The van der Waals surface area contributed by atoms with Crippen LogP contribution in [0.4, 0.5) is 5.69 Å². The number of carbonyl (C=O) groups is 2. The molecule has 3 heterocycles. The number of aliphatic carboxylic acids is 1. The molecule has 2 aromatic rings. The van der Waals surface area contributed by atoms with E-state index in [4.69, 9.17) is 15.2 Å². The van der Waals surface area contributed by atoms with E-state index in [1.54, 1.807) is 11.1 Å². The summed E-state index contributed by atoms with van der Waals surface area (Å²) in [6.07, 6.45) is 6.66. The van der Waals surface area contributed by atoms with E-state index in [2.05, 4.69) is 14.9 Å². The van der Waals surface area contributed by atoms with Gasteiger partial charge in [-0.1, -0.05) is 18.2 Å². The van der Waals surface area contributed by atoms with Gasteiger partial charge in [-0.3, -0.25) is 9.59 Å². The van der Waals surface area contributed by atoms with Crippen LogP contribution in [0.15, 0.2) is 47.6 Å². The number of nitrogens with zero attached hydrogens (tertiary/aromatic N) is 4. The third-order valence-corrected chi connectivity index (χ3v) is 8.79. The van der Waals surface area contributed by atoms with Gasteiger partial charge in [0.15, 0.2) is 5.96 Å². The number of nitrogens with two attached hydrogens (primary N) is 1. The number of pyridine rings is 1. The number of aliphatic hydroxyl groups excluding tert-OH is 1. The molecule has 0 radical (unpaired) electrons. The van der Waals surface area contributed by atoms with E-state index in [0.29, 0.717) is 81.6 Å². The van der Waals surface area contributed by atoms with Crippen molar-refractivity contribution >= 4 is 23.5 Å². The van der Waals surface area contributed by atoms with Gasteiger partial charge in [0, 0.05) is 56.4 Å². The maximum Gasteiger partial charge on any atom is 0.306 e. The van der Waals surface area contributed by atoms with Crippen LogP contribution in [0.25, 0.3) is 0 Å².